The van der Waals surface area contributed by atoms with Gasteiger partial charge in [0.2, 0.25) is 5.82 Å². The van der Waals surface area contributed by atoms with E-state index in [2.05, 4.69) is 35.9 Å². The van der Waals surface area contributed by atoms with Crippen molar-refractivity contribution in [3.05, 3.63) is 42.0 Å². The summed E-state index contributed by atoms with van der Waals surface area (Å²) in [7, 11) is 1.25. The molecule has 8 nitrogen and oxygen atoms in total. The highest BCUT2D eigenvalue weighted by Crippen LogP contribution is 2.03. The van der Waals surface area contributed by atoms with Crippen molar-refractivity contribution in [3.8, 4) is 12.3 Å². The zero-order chi connectivity index (χ0) is 15.9. The number of aromatic amines is 1. The molecule has 2 aromatic rings. The number of hydrogen-bond donors (Lipinski definition) is 2. The van der Waals surface area contributed by atoms with Gasteiger partial charge in [-0.2, -0.15) is 0 Å². The van der Waals surface area contributed by atoms with Gasteiger partial charge in [0.15, 0.2) is 0 Å². The molecule has 0 saturated carbocycles. The number of carbonyl (C=O) groups excluding carboxylic acids is 2. The van der Waals surface area contributed by atoms with Gasteiger partial charge in [0.25, 0.3) is 5.91 Å². The molecular formula is C14H13N5O3. The largest absolute Gasteiger partial charge is 0.467 e. The van der Waals surface area contributed by atoms with Crippen LogP contribution in [0.4, 0.5) is 0 Å². The fraction of sp³-hybridized carbons (Fsp3) is 0.214. The summed E-state index contributed by atoms with van der Waals surface area (Å²) in [6.45, 7) is 0. The van der Waals surface area contributed by atoms with E-state index in [0.717, 1.165) is 0 Å². The zero-order valence-corrected chi connectivity index (χ0v) is 11.7. The highest BCUT2D eigenvalue weighted by molar-refractivity contribution is 5.96. The Morgan fingerprint density at radius 1 is 1.41 bits per heavy atom. The SMILES string of the molecule is C#Cc1ncc(C(=O)N[C@H](Cc2cnc[nH]2)C(=O)OC)cn1. The molecule has 1 amide bonds. The summed E-state index contributed by atoms with van der Waals surface area (Å²) in [5, 5.41) is 2.57. The van der Waals surface area contributed by atoms with Crippen LogP contribution in [0.3, 0.4) is 0 Å². The van der Waals surface area contributed by atoms with E-state index in [0.29, 0.717) is 5.69 Å². The Morgan fingerprint density at radius 2 is 2.14 bits per heavy atom. The second kappa shape index (κ2) is 6.99. The fourth-order valence-corrected chi connectivity index (χ4v) is 1.71. The molecule has 22 heavy (non-hydrogen) atoms. The van der Waals surface area contributed by atoms with Crippen LogP contribution in [0.1, 0.15) is 21.9 Å². The summed E-state index contributed by atoms with van der Waals surface area (Å²) in [6, 6.07) is -0.856. The third-order valence-electron chi connectivity index (χ3n) is 2.81. The molecule has 2 N–H and O–H groups in total. The predicted molar refractivity (Wildman–Crippen MR) is 75.5 cm³/mol. The molecule has 8 heteroatoms. The molecule has 1 atom stereocenters. The summed E-state index contributed by atoms with van der Waals surface area (Å²) in [6.07, 6.45) is 11.0. The van der Waals surface area contributed by atoms with Crippen LogP contribution < -0.4 is 5.32 Å². The van der Waals surface area contributed by atoms with E-state index in [4.69, 9.17) is 6.42 Å². The minimum Gasteiger partial charge on any atom is -0.467 e. The average molecular weight is 299 g/mol. The van der Waals surface area contributed by atoms with Gasteiger partial charge in [-0.05, 0) is 5.92 Å². The molecule has 0 radical (unpaired) electrons. The van der Waals surface area contributed by atoms with Gasteiger partial charge in [-0.3, -0.25) is 4.79 Å². The number of rotatable bonds is 5. The summed E-state index contributed by atoms with van der Waals surface area (Å²) in [4.78, 5) is 38.3. The van der Waals surface area contributed by atoms with Crippen LogP contribution in [0, 0.1) is 12.3 Å². The number of terminal acetylenes is 1. The van der Waals surface area contributed by atoms with Crippen LogP contribution in [0.2, 0.25) is 0 Å². The Hall–Kier alpha value is -3.21. The van der Waals surface area contributed by atoms with Crippen molar-refractivity contribution < 1.29 is 14.3 Å². The van der Waals surface area contributed by atoms with Crippen LogP contribution in [0.15, 0.2) is 24.9 Å². The van der Waals surface area contributed by atoms with Gasteiger partial charge in [0, 0.05) is 30.7 Å². The van der Waals surface area contributed by atoms with Crippen molar-refractivity contribution >= 4 is 11.9 Å². The molecule has 2 aromatic heterocycles. The van der Waals surface area contributed by atoms with Crippen molar-refractivity contribution in [2.45, 2.75) is 12.5 Å². The third-order valence-corrected chi connectivity index (χ3v) is 2.81. The number of carbonyl (C=O) groups is 2. The molecule has 0 spiro atoms. The summed E-state index contributed by atoms with van der Waals surface area (Å²) >= 11 is 0. The molecule has 2 rings (SSSR count). The van der Waals surface area contributed by atoms with E-state index in [9.17, 15) is 9.59 Å². The molecule has 0 aliphatic heterocycles. The Kier molecular flexibility index (Phi) is 4.82. The highest BCUT2D eigenvalue weighted by Gasteiger charge is 2.23. The molecule has 0 unspecified atom stereocenters. The lowest BCUT2D eigenvalue weighted by molar-refractivity contribution is -0.142. The van der Waals surface area contributed by atoms with Gasteiger partial charge in [0.05, 0.1) is 19.0 Å². The molecule has 0 aromatic carbocycles. The second-order valence-corrected chi connectivity index (χ2v) is 4.27. The molecule has 0 aliphatic carbocycles. The molecule has 2 heterocycles. The number of H-pyrrole nitrogens is 1. The van der Waals surface area contributed by atoms with E-state index in [-0.39, 0.29) is 17.8 Å². The first-order valence-corrected chi connectivity index (χ1v) is 6.28. The number of nitrogens with one attached hydrogen (secondary N) is 2. The first kappa shape index (κ1) is 15.2. The lowest BCUT2D eigenvalue weighted by Gasteiger charge is -2.15. The smallest absolute Gasteiger partial charge is 0.328 e. The Morgan fingerprint density at radius 3 is 2.68 bits per heavy atom. The normalized spacial score (nSPS) is 11.3. The minimum atomic E-state index is -0.856. The Bertz CT molecular complexity index is 688. The number of hydrogen-bond acceptors (Lipinski definition) is 6. The highest BCUT2D eigenvalue weighted by atomic mass is 16.5. The van der Waals surface area contributed by atoms with Crippen molar-refractivity contribution in [2.75, 3.05) is 7.11 Å². The lowest BCUT2D eigenvalue weighted by atomic mass is 10.1. The van der Waals surface area contributed by atoms with Crippen LogP contribution in [0.25, 0.3) is 0 Å². The molecule has 0 saturated heterocycles. The standard InChI is InChI=1S/C14H13N5O3/c1-3-12-16-5-9(6-17-12)13(20)19-11(14(21)22-2)4-10-7-15-8-18-10/h1,5-8,11H,4H2,2H3,(H,15,18)(H,19,20)/t11-/m1/s1. The fourth-order valence-electron chi connectivity index (χ4n) is 1.71. The molecule has 0 aliphatic rings. The minimum absolute atomic E-state index is 0.179. The van der Waals surface area contributed by atoms with Gasteiger partial charge in [-0.15, -0.1) is 6.42 Å². The van der Waals surface area contributed by atoms with Gasteiger partial charge >= 0.3 is 5.97 Å². The van der Waals surface area contributed by atoms with E-state index in [1.54, 1.807) is 6.20 Å². The number of nitrogens with zero attached hydrogens (tertiary/aromatic N) is 3. The van der Waals surface area contributed by atoms with E-state index >= 15 is 0 Å². The Labute approximate surface area is 126 Å². The number of ether oxygens (including phenoxy) is 1. The van der Waals surface area contributed by atoms with Crippen LogP contribution in [-0.4, -0.2) is 45.0 Å². The van der Waals surface area contributed by atoms with Crippen molar-refractivity contribution in [2.24, 2.45) is 0 Å². The molecule has 0 fully saturated rings. The molecule has 0 bridgehead atoms. The zero-order valence-electron chi connectivity index (χ0n) is 11.7. The van der Waals surface area contributed by atoms with Crippen molar-refractivity contribution in [3.63, 3.8) is 0 Å². The van der Waals surface area contributed by atoms with Crippen LogP contribution in [0.5, 0.6) is 0 Å². The second-order valence-electron chi connectivity index (χ2n) is 4.27. The van der Waals surface area contributed by atoms with Crippen molar-refractivity contribution in [1.29, 1.82) is 0 Å². The van der Waals surface area contributed by atoms with Gasteiger partial charge < -0.3 is 15.0 Å². The first-order valence-electron chi connectivity index (χ1n) is 6.28. The number of methoxy groups -OCH3 is 1. The monoisotopic (exact) mass is 299 g/mol. The third kappa shape index (κ3) is 3.67. The maximum absolute atomic E-state index is 12.1. The van der Waals surface area contributed by atoms with E-state index in [1.165, 1.54) is 25.8 Å². The molecule has 112 valence electrons. The molecular weight excluding hydrogens is 286 g/mol. The maximum Gasteiger partial charge on any atom is 0.328 e. The number of aromatic nitrogens is 4. The van der Waals surface area contributed by atoms with Crippen LogP contribution >= 0.6 is 0 Å². The average Bonchev–Trinajstić information content (AvgIpc) is 3.06. The number of esters is 1. The van der Waals surface area contributed by atoms with E-state index in [1.807, 2.05) is 0 Å². The number of imidazole rings is 1. The van der Waals surface area contributed by atoms with Crippen molar-refractivity contribution in [1.82, 2.24) is 25.3 Å². The van der Waals surface area contributed by atoms with Gasteiger partial charge in [-0.25, -0.2) is 19.7 Å². The topological polar surface area (TPSA) is 110 Å². The summed E-state index contributed by atoms with van der Waals surface area (Å²) in [5.41, 5.74) is 0.882. The van der Waals surface area contributed by atoms with E-state index < -0.39 is 17.9 Å². The maximum atomic E-state index is 12.1. The number of amides is 1. The summed E-state index contributed by atoms with van der Waals surface area (Å²) < 4.78 is 4.69. The van der Waals surface area contributed by atoms with Gasteiger partial charge in [0.1, 0.15) is 6.04 Å². The summed E-state index contributed by atoms with van der Waals surface area (Å²) in [5.74, 6) is 1.36. The lowest BCUT2D eigenvalue weighted by Crippen LogP contribution is -2.43. The quantitative estimate of drug-likeness (QED) is 0.579. The first-order chi connectivity index (χ1) is 10.6. The van der Waals surface area contributed by atoms with Gasteiger partial charge in [-0.1, -0.05) is 0 Å². The predicted octanol–water partition coefficient (Wildman–Crippen LogP) is -0.305. The Balaban J connectivity index is 2.10. The van der Waals surface area contributed by atoms with Crippen LogP contribution in [-0.2, 0) is 16.0 Å².